The van der Waals surface area contributed by atoms with Crippen LogP contribution in [0, 0.1) is 0 Å². The molecule has 0 aromatic heterocycles. The molecule has 2 aromatic rings. The van der Waals surface area contributed by atoms with Crippen LogP contribution in [0.3, 0.4) is 0 Å². The number of hydrogen-bond acceptors (Lipinski definition) is 4. The zero-order valence-corrected chi connectivity index (χ0v) is 17.4. The Kier molecular flexibility index (Phi) is 8.31. The maximum atomic E-state index is 10.4. The van der Waals surface area contributed by atoms with Crippen LogP contribution in [0.2, 0.25) is 5.02 Å². The third-order valence-electron chi connectivity index (χ3n) is 5.29. The minimum absolute atomic E-state index is 0.0482. The van der Waals surface area contributed by atoms with Crippen LogP contribution in [-0.2, 0) is 11.3 Å². The van der Waals surface area contributed by atoms with Crippen molar-refractivity contribution in [2.75, 3.05) is 39.3 Å². The Morgan fingerprint density at radius 2 is 1.61 bits per heavy atom. The highest BCUT2D eigenvalue weighted by atomic mass is 35.5. The van der Waals surface area contributed by atoms with Crippen LogP contribution in [0.25, 0.3) is 0 Å². The molecule has 5 heteroatoms. The van der Waals surface area contributed by atoms with Crippen LogP contribution >= 0.6 is 11.6 Å². The molecular weight excluding hydrogens is 372 g/mol. The summed E-state index contributed by atoms with van der Waals surface area (Å²) in [4.78, 5) is 4.78. The van der Waals surface area contributed by atoms with Gasteiger partial charge in [0.15, 0.2) is 0 Å². The molecule has 28 heavy (non-hydrogen) atoms. The second-order valence-electron chi connectivity index (χ2n) is 7.50. The second kappa shape index (κ2) is 10.9. The minimum atomic E-state index is -0.458. The quantitative estimate of drug-likeness (QED) is 0.688. The summed E-state index contributed by atoms with van der Waals surface area (Å²) in [6.45, 7) is 8.07. The van der Waals surface area contributed by atoms with Crippen molar-refractivity contribution in [3.8, 4) is 0 Å². The molecule has 3 rings (SSSR count). The summed E-state index contributed by atoms with van der Waals surface area (Å²) in [5.74, 6) is 0. The number of β-amino-alcohol motifs (C(OH)–C–C–N with tert-alkyl or cyclic N) is 1. The molecule has 0 saturated carbocycles. The monoisotopic (exact) mass is 402 g/mol. The van der Waals surface area contributed by atoms with Crippen molar-refractivity contribution in [2.24, 2.45) is 0 Å². The fourth-order valence-electron chi connectivity index (χ4n) is 3.67. The molecular formula is C23H31ClN2O2. The van der Waals surface area contributed by atoms with Crippen LogP contribution in [-0.4, -0.2) is 60.3 Å². The predicted molar refractivity (Wildman–Crippen MR) is 115 cm³/mol. The number of aliphatic hydroxyl groups excluding tert-OH is 1. The van der Waals surface area contributed by atoms with Gasteiger partial charge < -0.3 is 9.84 Å². The van der Waals surface area contributed by atoms with Crippen LogP contribution in [0.15, 0.2) is 54.6 Å². The summed E-state index contributed by atoms with van der Waals surface area (Å²) in [5, 5.41) is 11.2. The van der Waals surface area contributed by atoms with E-state index in [1.807, 2.05) is 30.3 Å². The largest absolute Gasteiger partial charge is 0.389 e. The molecule has 0 radical (unpaired) electrons. The molecule has 0 aliphatic carbocycles. The number of piperazine rings is 1. The van der Waals surface area contributed by atoms with Crippen LogP contribution < -0.4 is 0 Å². The van der Waals surface area contributed by atoms with Crippen LogP contribution in [0.4, 0.5) is 0 Å². The van der Waals surface area contributed by atoms with Crippen molar-refractivity contribution in [3.05, 3.63) is 70.7 Å². The van der Waals surface area contributed by atoms with E-state index in [0.29, 0.717) is 13.2 Å². The fraction of sp³-hybridized carbons (Fsp3) is 0.478. The van der Waals surface area contributed by atoms with Crippen molar-refractivity contribution >= 4 is 11.6 Å². The third-order valence-corrected chi connectivity index (χ3v) is 5.54. The molecule has 1 heterocycles. The van der Waals surface area contributed by atoms with E-state index in [9.17, 15) is 5.11 Å². The van der Waals surface area contributed by atoms with Gasteiger partial charge in [-0.25, -0.2) is 0 Å². The third kappa shape index (κ3) is 6.57. The Labute approximate surface area is 173 Å². The number of benzene rings is 2. The van der Waals surface area contributed by atoms with Gasteiger partial charge in [-0.05, 0) is 29.7 Å². The van der Waals surface area contributed by atoms with E-state index in [-0.39, 0.29) is 6.10 Å². The van der Waals surface area contributed by atoms with E-state index in [4.69, 9.17) is 16.3 Å². The van der Waals surface area contributed by atoms with Crippen LogP contribution in [0.1, 0.15) is 30.6 Å². The smallest absolute Gasteiger partial charge is 0.0900 e. The average molecular weight is 403 g/mol. The normalized spacial score (nSPS) is 18.1. The summed E-state index contributed by atoms with van der Waals surface area (Å²) in [6, 6.07) is 18.3. The number of halogens is 1. The number of ether oxygens (including phenoxy) is 1. The number of hydrogen-bond donors (Lipinski definition) is 1. The first-order chi connectivity index (χ1) is 13.6. The van der Waals surface area contributed by atoms with E-state index in [1.165, 1.54) is 11.1 Å². The van der Waals surface area contributed by atoms with Crippen molar-refractivity contribution < 1.29 is 9.84 Å². The standard InChI is InChI=1S/C23H31ClN2O2/c1-2-23(20-6-4-3-5-7-20)28-18-22(27)17-26-14-12-25(13-15-26)16-19-8-10-21(24)11-9-19/h3-11,22-23,27H,2,12-18H2,1H3. The summed E-state index contributed by atoms with van der Waals surface area (Å²) in [5.41, 5.74) is 2.46. The molecule has 1 aliphatic rings. The highest BCUT2D eigenvalue weighted by Crippen LogP contribution is 2.21. The molecule has 2 unspecified atom stereocenters. The maximum absolute atomic E-state index is 10.4. The molecule has 1 fully saturated rings. The lowest BCUT2D eigenvalue weighted by Gasteiger charge is -2.35. The Hall–Kier alpha value is -1.43. The molecule has 1 N–H and O–H groups in total. The highest BCUT2D eigenvalue weighted by molar-refractivity contribution is 6.30. The number of aliphatic hydroxyl groups is 1. The van der Waals surface area contributed by atoms with Gasteiger partial charge in [-0.1, -0.05) is 61.0 Å². The van der Waals surface area contributed by atoms with Gasteiger partial charge in [-0.2, -0.15) is 0 Å². The van der Waals surface area contributed by atoms with Crippen molar-refractivity contribution in [1.29, 1.82) is 0 Å². The zero-order valence-electron chi connectivity index (χ0n) is 16.6. The molecule has 0 amide bonds. The van der Waals surface area contributed by atoms with Gasteiger partial charge in [0.2, 0.25) is 0 Å². The molecule has 4 nitrogen and oxygen atoms in total. The Balaban J connectivity index is 1.37. The molecule has 1 saturated heterocycles. The molecule has 1 aliphatic heterocycles. The highest BCUT2D eigenvalue weighted by Gasteiger charge is 2.20. The van der Waals surface area contributed by atoms with Crippen molar-refractivity contribution in [3.63, 3.8) is 0 Å². The number of rotatable bonds is 9. The minimum Gasteiger partial charge on any atom is -0.389 e. The predicted octanol–water partition coefficient (Wildman–Crippen LogP) is 3.99. The lowest BCUT2D eigenvalue weighted by Crippen LogP contribution is -2.48. The maximum Gasteiger partial charge on any atom is 0.0900 e. The summed E-state index contributed by atoms with van der Waals surface area (Å²) in [6.07, 6.45) is 0.493. The zero-order chi connectivity index (χ0) is 19.8. The lowest BCUT2D eigenvalue weighted by atomic mass is 10.1. The van der Waals surface area contributed by atoms with E-state index in [2.05, 4.69) is 41.0 Å². The number of nitrogens with zero attached hydrogens (tertiary/aromatic N) is 2. The Morgan fingerprint density at radius 3 is 2.25 bits per heavy atom. The molecule has 0 spiro atoms. The van der Waals surface area contributed by atoms with Crippen molar-refractivity contribution in [2.45, 2.75) is 32.1 Å². The summed E-state index contributed by atoms with van der Waals surface area (Å²) in [7, 11) is 0. The first kappa shape index (κ1) is 21.3. The first-order valence-corrected chi connectivity index (χ1v) is 10.6. The van der Waals surface area contributed by atoms with E-state index < -0.39 is 6.10 Å². The van der Waals surface area contributed by atoms with Gasteiger partial charge >= 0.3 is 0 Å². The molecule has 2 atom stereocenters. The molecule has 0 bridgehead atoms. The summed E-state index contributed by atoms with van der Waals surface area (Å²) < 4.78 is 5.99. The molecule has 152 valence electrons. The van der Waals surface area contributed by atoms with E-state index in [0.717, 1.165) is 44.2 Å². The summed E-state index contributed by atoms with van der Waals surface area (Å²) >= 11 is 5.96. The van der Waals surface area contributed by atoms with Crippen molar-refractivity contribution in [1.82, 2.24) is 9.80 Å². The second-order valence-corrected chi connectivity index (χ2v) is 7.93. The topological polar surface area (TPSA) is 35.9 Å². The fourth-order valence-corrected chi connectivity index (χ4v) is 3.80. The van der Waals surface area contributed by atoms with Gasteiger partial charge in [-0.3, -0.25) is 9.80 Å². The van der Waals surface area contributed by atoms with E-state index in [1.54, 1.807) is 0 Å². The van der Waals surface area contributed by atoms with Gasteiger partial charge in [0, 0.05) is 44.3 Å². The van der Waals surface area contributed by atoms with Gasteiger partial charge in [-0.15, -0.1) is 0 Å². The average Bonchev–Trinajstić information content (AvgIpc) is 2.72. The van der Waals surface area contributed by atoms with Gasteiger partial charge in [0.05, 0.1) is 18.8 Å². The SMILES string of the molecule is CCC(OCC(O)CN1CCN(Cc2ccc(Cl)cc2)CC1)c1ccccc1. The van der Waals surface area contributed by atoms with Gasteiger partial charge in [0.1, 0.15) is 0 Å². The lowest BCUT2D eigenvalue weighted by molar-refractivity contribution is -0.0284. The first-order valence-electron chi connectivity index (χ1n) is 10.2. The van der Waals surface area contributed by atoms with Gasteiger partial charge in [0.25, 0.3) is 0 Å². The molecule has 2 aromatic carbocycles. The Bertz CT molecular complexity index is 688. The van der Waals surface area contributed by atoms with Crippen LogP contribution in [0.5, 0.6) is 0 Å². The van der Waals surface area contributed by atoms with E-state index >= 15 is 0 Å². The Morgan fingerprint density at radius 1 is 0.964 bits per heavy atom.